The van der Waals surface area contributed by atoms with Crippen molar-refractivity contribution in [2.24, 2.45) is 5.41 Å². The maximum absolute atomic E-state index is 12.3. The molecule has 20 heavy (non-hydrogen) atoms. The molecule has 2 aliphatic heterocycles. The van der Waals surface area contributed by atoms with E-state index >= 15 is 0 Å². The van der Waals surface area contributed by atoms with Crippen LogP contribution in [0, 0.1) is 5.41 Å². The van der Waals surface area contributed by atoms with Crippen LogP contribution in [-0.4, -0.2) is 72.6 Å². The summed E-state index contributed by atoms with van der Waals surface area (Å²) in [6.45, 7) is 7.19. The quantitative estimate of drug-likeness (QED) is 0.762. The predicted octanol–water partition coefficient (Wildman–Crippen LogP) is -0.00500. The van der Waals surface area contributed by atoms with Crippen LogP contribution in [0.1, 0.15) is 26.2 Å². The van der Waals surface area contributed by atoms with Gasteiger partial charge in [-0.25, -0.2) is 0 Å². The first-order chi connectivity index (χ1) is 9.51. The number of nitrogens with one attached hydrogen (secondary N) is 1. The minimum atomic E-state index is -0.747. The third-order valence-electron chi connectivity index (χ3n) is 4.53. The Hall–Kier alpha value is -1.14. The Labute approximate surface area is 120 Å². The van der Waals surface area contributed by atoms with E-state index < -0.39 is 11.4 Å². The van der Waals surface area contributed by atoms with Crippen LogP contribution in [0.3, 0.4) is 0 Å². The fourth-order valence-electron chi connectivity index (χ4n) is 2.81. The average Bonchev–Trinajstić information content (AvgIpc) is 2.68. The summed E-state index contributed by atoms with van der Waals surface area (Å²) < 4.78 is 0. The summed E-state index contributed by atoms with van der Waals surface area (Å²) in [6.07, 6.45) is 2.18. The van der Waals surface area contributed by atoms with Gasteiger partial charge < -0.3 is 15.3 Å². The van der Waals surface area contributed by atoms with Gasteiger partial charge in [0.15, 0.2) is 0 Å². The van der Waals surface area contributed by atoms with E-state index in [9.17, 15) is 14.7 Å². The normalized spacial score (nSPS) is 24.1. The summed E-state index contributed by atoms with van der Waals surface area (Å²) in [5.41, 5.74) is -0.663. The molecule has 2 heterocycles. The van der Waals surface area contributed by atoms with Crippen molar-refractivity contribution in [3.8, 4) is 0 Å². The van der Waals surface area contributed by atoms with Crippen LogP contribution in [0.25, 0.3) is 0 Å². The molecule has 2 rings (SSSR count). The first-order valence-corrected chi connectivity index (χ1v) is 7.45. The standard InChI is InChI=1S/C14H25N3O3/c1-14(13(19)20)3-8-17(9-4-14)12(18)11-16-7-2-5-15-6-10-16/h15H,2-11H2,1H3,(H,19,20). The Morgan fingerprint density at radius 2 is 1.85 bits per heavy atom. The van der Waals surface area contributed by atoms with Gasteiger partial charge in [0, 0.05) is 26.2 Å². The molecule has 0 radical (unpaired) electrons. The number of carboxylic acid groups (broad SMARTS) is 1. The van der Waals surface area contributed by atoms with Crippen LogP contribution >= 0.6 is 0 Å². The summed E-state index contributed by atoms with van der Waals surface area (Å²) >= 11 is 0. The lowest BCUT2D eigenvalue weighted by atomic mass is 9.80. The Morgan fingerprint density at radius 3 is 2.50 bits per heavy atom. The molecule has 0 saturated carbocycles. The fraction of sp³-hybridized carbons (Fsp3) is 0.857. The third kappa shape index (κ3) is 3.70. The van der Waals surface area contributed by atoms with Gasteiger partial charge in [-0.3, -0.25) is 14.5 Å². The Bertz CT molecular complexity index is 357. The second-order valence-electron chi connectivity index (χ2n) is 6.13. The highest BCUT2D eigenvalue weighted by Crippen LogP contribution is 2.31. The summed E-state index contributed by atoms with van der Waals surface area (Å²) in [5, 5.41) is 12.5. The van der Waals surface area contributed by atoms with Crippen LogP contribution in [0.2, 0.25) is 0 Å². The molecule has 0 unspecified atom stereocenters. The largest absolute Gasteiger partial charge is 0.481 e. The first-order valence-electron chi connectivity index (χ1n) is 7.45. The molecule has 2 fully saturated rings. The fourth-order valence-corrected chi connectivity index (χ4v) is 2.81. The van der Waals surface area contributed by atoms with Gasteiger partial charge in [-0.2, -0.15) is 0 Å². The molecule has 0 aliphatic carbocycles. The van der Waals surface area contributed by atoms with Crippen molar-refractivity contribution in [2.75, 3.05) is 45.8 Å². The van der Waals surface area contributed by atoms with Gasteiger partial charge in [-0.1, -0.05) is 0 Å². The minimum Gasteiger partial charge on any atom is -0.481 e. The number of aliphatic carboxylic acids is 1. The molecule has 114 valence electrons. The van der Waals surface area contributed by atoms with Crippen molar-refractivity contribution in [3.05, 3.63) is 0 Å². The monoisotopic (exact) mass is 283 g/mol. The van der Waals surface area contributed by atoms with Crippen LogP contribution in [0.4, 0.5) is 0 Å². The molecule has 2 N–H and O–H groups in total. The van der Waals surface area contributed by atoms with Gasteiger partial charge >= 0.3 is 5.97 Å². The van der Waals surface area contributed by atoms with Crippen molar-refractivity contribution < 1.29 is 14.7 Å². The number of carbonyl (C=O) groups is 2. The molecule has 0 atom stereocenters. The number of carboxylic acids is 1. The van der Waals surface area contributed by atoms with Crippen LogP contribution in [0.5, 0.6) is 0 Å². The molecule has 0 aromatic carbocycles. The molecule has 0 spiro atoms. The second-order valence-corrected chi connectivity index (χ2v) is 6.13. The van der Waals surface area contributed by atoms with E-state index in [-0.39, 0.29) is 5.91 Å². The molecular formula is C14H25N3O3. The van der Waals surface area contributed by atoms with Crippen LogP contribution in [0.15, 0.2) is 0 Å². The number of piperidine rings is 1. The predicted molar refractivity (Wildman–Crippen MR) is 75.5 cm³/mol. The Kier molecular flexibility index (Phi) is 4.99. The van der Waals surface area contributed by atoms with Crippen molar-refractivity contribution in [3.63, 3.8) is 0 Å². The van der Waals surface area contributed by atoms with Crippen LogP contribution < -0.4 is 5.32 Å². The van der Waals surface area contributed by atoms with E-state index in [2.05, 4.69) is 10.2 Å². The Morgan fingerprint density at radius 1 is 1.15 bits per heavy atom. The number of amides is 1. The van der Waals surface area contributed by atoms with E-state index in [1.807, 2.05) is 4.90 Å². The number of rotatable bonds is 3. The van der Waals surface area contributed by atoms with Crippen LogP contribution in [-0.2, 0) is 9.59 Å². The summed E-state index contributed by atoms with van der Waals surface area (Å²) in [7, 11) is 0. The number of carbonyl (C=O) groups excluding carboxylic acids is 1. The van der Waals surface area contributed by atoms with Crippen molar-refractivity contribution in [1.82, 2.24) is 15.1 Å². The van der Waals surface area contributed by atoms with E-state index in [1.54, 1.807) is 6.92 Å². The van der Waals surface area contributed by atoms with Gasteiger partial charge in [0.2, 0.25) is 5.91 Å². The SMILES string of the molecule is CC1(C(=O)O)CCN(C(=O)CN2CCCNCC2)CC1. The topological polar surface area (TPSA) is 72.9 Å². The highest BCUT2D eigenvalue weighted by Gasteiger charge is 2.38. The second kappa shape index (κ2) is 6.54. The highest BCUT2D eigenvalue weighted by atomic mass is 16.4. The molecule has 0 bridgehead atoms. The smallest absolute Gasteiger partial charge is 0.309 e. The molecular weight excluding hydrogens is 258 g/mol. The number of nitrogens with zero attached hydrogens (tertiary/aromatic N) is 2. The van der Waals surface area contributed by atoms with Crippen molar-refractivity contribution in [2.45, 2.75) is 26.2 Å². The zero-order valence-corrected chi connectivity index (χ0v) is 12.2. The van der Waals surface area contributed by atoms with E-state index in [0.29, 0.717) is 32.5 Å². The molecule has 0 aromatic heterocycles. The van der Waals surface area contributed by atoms with Gasteiger partial charge in [-0.05, 0) is 39.3 Å². The first kappa shape index (κ1) is 15.3. The van der Waals surface area contributed by atoms with Crippen molar-refractivity contribution >= 4 is 11.9 Å². The summed E-state index contributed by atoms with van der Waals surface area (Å²) in [5.74, 6) is -0.609. The van der Waals surface area contributed by atoms with Gasteiger partial charge in [0.1, 0.15) is 0 Å². The summed E-state index contributed by atoms with van der Waals surface area (Å²) in [4.78, 5) is 27.5. The highest BCUT2D eigenvalue weighted by molar-refractivity contribution is 5.79. The molecule has 0 aromatic rings. The molecule has 2 aliphatic rings. The lowest BCUT2D eigenvalue weighted by Crippen LogP contribution is -2.48. The maximum atomic E-state index is 12.3. The zero-order chi connectivity index (χ0) is 14.6. The molecule has 2 saturated heterocycles. The lowest BCUT2D eigenvalue weighted by Gasteiger charge is -2.37. The number of hydrogen-bond donors (Lipinski definition) is 2. The van der Waals surface area contributed by atoms with E-state index in [4.69, 9.17) is 0 Å². The lowest BCUT2D eigenvalue weighted by molar-refractivity contribution is -0.153. The average molecular weight is 283 g/mol. The molecule has 6 heteroatoms. The van der Waals surface area contributed by atoms with Gasteiger partial charge in [0.25, 0.3) is 0 Å². The Balaban J connectivity index is 1.81. The number of hydrogen-bond acceptors (Lipinski definition) is 4. The zero-order valence-electron chi connectivity index (χ0n) is 12.2. The van der Waals surface area contributed by atoms with E-state index in [1.165, 1.54) is 0 Å². The van der Waals surface area contributed by atoms with Crippen molar-refractivity contribution in [1.29, 1.82) is 0 Å². The van der Waals surface area contributed by atoms with Gasteiger partial charge in [-0.15, -0.1) is 0 Å². The molecule has 1 amide bonds. The van der Waals surface area contributed by atoms with Gasteiger partial charge in [0.05, 0.1) is 12.0 Å². The third-order valence-corrected chi connectivity index (χ3v) is 4.53. The minimum absolute atomic E-state index is 0.138. The summed E-state index contributed by atoms with van der Waals surface area (Å²) in [6, 6.07) is 0. The van der Waals surface area contributed by atoms with E-state index in [0.717, 1.165) is 32.6 Å². The molecule has 6 nitrogen and oxygen atoms in total. The number of likely N-dealkylation sites (tertiary alicyclic amines) is 1. The maximum Gasteiger partial charge on any atom is 0.309 e.